The molecule has 32 heavy (non-hydrogen) atoms. The highest BCUT2D eigenvalue weighted by Gasteiger charge is 2.14. The maximum atomic E-state index is 12.8. The van der Waals surface area contributed by atoms with Crippen LogP contribution in [0.1, 0.15) is 21.5 Å². The Morgan fingerprint density at radius 2 is 1.50 bits per heavy atom. The first-order valence-corrected chi connectivity index (χ1v) is 10.2. The summed E-state index contributed by atoms with van der Waals surface area (Å²) in [4.78, 5) is 27.4. The second-order valence-corrected chi connectivity index (χ2v) is 7.55. The van der Waals surface area contributed by atoms with E-state index in [0.717, 1.165) is 16.8 Å². The van der Waals surface area contributed by atoms with Crippen molar-refractivity contribution in [1.82, 2.24) is 10.7 Å². The molecule has 2 amide bonds. The molecular weight excluding hydrogens is 424 g/mol. The molecule has 0 atom stereocenters. The maximum absolute atomic E-state index is 12.8. The minimum atomic E-state index is -0.545. The van der Waals surface area contributed by atoms with Crippen LogP contribution in [0.2, 0.25) is 5.02 Å². The molecule has 0 aromatic heterocycles. The SMILES string of the molecule is CN(C)c1ccc(/C=C(\NC(=O)c2ccccc2)C(=O)N/N=C/c2ccc(Cl)cc2)cc1. The third-order valence-electron chi connectivity index (χ3n) is 4.50. The van der Waals surface area contributed by atoms with Gasteiger partial charge < -0.3 is 10.2 Å². The van der Waals surface area contributed by atoms with Crippen molar-refractivity contribution < 1.29 is 9.59 Å². The summed E-state index contributed by atoms with van der Waals surface area (Å²) in [6, 6.07) is 23.3. The second kappa shape index (κ2) is 10.9. The molecule has 0 unspecified atom stereocenters. The monoisotopic (exact) mass is 446 g/mol. The Morgan fingerprint density at radius 3 is 2.12 bits per heavy atom. The van der Waals surface area contributed by atoms with Crippen LogP contribution in [0.15, 0.2) is 89.7 Å². The van der Waals surface area contributed by atoms with Gasteiger partial charge in [0.15, 0.2) is 0 Å². The Bertz CT molecular complexity index is 1120. The fourth-order valence-electron chi connectivity index (χ4n) is 2.75. The van der Waals surface area contributed by atoms with Crippen molar-refractivity contribution in [3.05, 3.63) is 106 Å². The zero-order chi connectivity index (χ0) is 22.9. The lowest BCUT2D eigenvalue weighted by Gasteiger charge is -2.12. The Morgan fingerprint density at radius 1 is 0.875 bits per heavy atom. The average Bonchev–Trinajstić information content (AvgIpc) is 2.80. The van der Waals surface area contributed by atoms with Crippen LogP contribution in [-0.4, -0.2) is 32.1 Å². The van der Waals surface area contributed by atoms with Gasteiger partial charge >= 0.3 is 0 Å². The summed E-state index contributed by atoms with van der Waals surface area (Å²) in [5, 5.41) is 7.28. The van der Waals surface area contributed by atoms with Crippen molar-refractivity contribution in [3.8, 4) is 0 Å². The Kier molecular flexibility index (Phi) is 7.78. The summed E-state index contributed by atoms with van der Waals surface area (Å²) >= 11 is 5.88. The van der Waals surface area contributed by atoms with E-state index in [4.69, 9.17) is 11.6 Å². The van der Waals surface area contributed by atoms with Gasteiger partial charge in [0.25, 0.3) is 11.8 Å². The molecule has 3 rings (SSSR count). The van der Waals surface area contributed by atoms with E-state index in [2.05, 4.69) is 15.8 Å². The fourth-order valence-corrected chi connectivity index (χ4v) is 2.88. The van der Waals surface area contributed by atoms with Gasteiger partial charge in [0.05, 0.1) is 6.21 Å². The number of benzene rings is 3. The molecule has 2 N–H and O–H groups in total. The third kappa shape index (κ3) is 6.55. The highest BCUT2D eigenvalue weighted by atomic mass is 35.5. The van der Waals surface area contributed by atoms with Crippen molar-refractivity contribution in [3.63, 3.8) is 0 Å². The van der Waals surface area contributed by atoms with E-state index in [1.165, 1.54) is 6.21 Å². The quantitative estimate of drug-likeness (QED) is 0.322. The first-order chi connectivity index (χ1) is 15.4. The Balaban J connectivity index is 1.80. The number of carbonyl (C=O) groups is 2. The molecule has 3 aromatic carbocycles. The van der Waals surface area contributed by atoms with Gasteiger partial charge in [-0.2, -0.15) is 5.10 Å². The largest absolute Gasteiger partial charge is 0.378 e. The zero-order valence-corrected chi connectivity index (χ0v) is 18.5. The lowest BCUT2D eigenvalue weighted by molar-refractivity contribution is -0.117. The number of nitrogens with one attached hydrogen (secondary N) is 2. The van der Waals surface area contributed by atoms with Crippen molar-refractivity contribution >= 4 is 41.4 Å². The van der Waals surface area contributed by atoms with E-state index >= 15 is 0 Å². The standard InChI is InChI=1S/C25H23ClN4O2/c1-30(2)22-14-10-18(11-15-22)16-23(28-24(31)20-6-4-3-5-7-20)25(32)29-27-17-19-8-12-21(26)13-9-19/h3-17H,1-2H3,(H,28,31)(H,29,32)/b23-16-,27-17+. The van der Waals surface area contributed by atoms with Crippen molar-refractivity contribution in [2.45, 2.75) is 0 Å². The van der Waals surface area contributed by atoms with Crippen LogP contribution in [0.5, 0.6) is 0 Å². The number of hydrogen-bond acceptors (Lipinski definition) is 4. The summed E-state index contributed by atoms with van der Waals surface area (Å²) in [6.07, 6.45) is 3.10. The predicted molar refractivity (Wildman–Crippen MR) is 130 cm³/mol. The molecular formula is C25H23ClN4O2. The number of anilines is 1. The number of halogens is 1. The Labute approximate surface area is 192 Å². The summed E-state index contributed by atoms with van der Waals surface area (Å²) in [6.45, 7) is 0. The Hall–Kier alpha value is -3.90. The van der Waals surface area contributed by atoms with Crippen LogP contribution in [0, 0.1) is 0 Å². The van der Waals surface area contributed by atoms with Crippen LogP contribution in [0.3, 0.4) is 0 Å². The van der Waals surface area contributed by atoms with Crippen LogP contribution < -0.4 is 15.6 Å². The first kappa shape index (κ1) is 22.8. The molecule has 0 fully saturated rings. The molecule has 0 saturated heterocycles. The lowest BCUT2D eigenvalue weighted by atomic mass is 10.1. The number of nitrogens with zero attached hydrogens (tertiary/aromatic N) is 2. The van der Waals surface area contributed by atoms with E-state index in [0.29, 0.717) is 10.6 Å². The number of rotatable bonds is 7. The highest BCUT2D eigenvalue weighted by Crippen LogP contribution is 2.15. The van der Waals surface area contributed by atoms with E-state index in [1.54, 1.807) is 54.6 Å². The summed E-state index contributed by atoms with van der Waals surface area (Å²) in [5.41, 5.74) is 5.53. The van der Waals surface area contributed by atoms with Crippen LogP contribution >= 0.6 is 11.6 Å². The van der Waals surface area contributed by atoms with Crippen LogP contribution in [0.4, 0.5) is 5.69 Å². The van der Waals surface area contributed by atoms with Crippen molar-refractivity contribution in [2.75, 3.05) is 19.0 Å². The predicted octanol–water partition coefficient (Wildman–Crippen LogP) is 4.33. The van der Waals surface area contributed by atoms with Gasteiger partial charge in [-0.05, 0) is 53.6 Å². The topological polar surface area (TPSA) is 73.8 Å². The molecule has 0 aliphatic carbocycles. The summed E-state index contributed by atoms with van der Waals surface area (Å²) in [7, 11) is 3.89. The molecule has 3 aromatic rings. The number of carbonyl (C=O) groups excluding carboxylic acids is 2. The van der Waals surface area contributed by atoms with Crippen LogP contribution in [-0.2, 0) is 4.79 Å². The first-order valence-electron chi connectivity index (χ1n) is 9.87. The highest BCUT2D eigenvalue weighted by molar-refractivity contribution is 6.30. The van der Waals surface area contributed by atoms with E-state index < -0.39 is 11.8 Å². The number of hydrogen-bond donors (Lipinski definition) is 2. The maximum Gasteiger partial charge on any atom is 0.287 e. The molecule has 7 heteroatoms. The smallest absolute Gasteiger partial charge is 0.287 e. The average molecular weight is 447 g/mol. The van der Waals surface area contributed by atoms with Gasteiger partial charge in [-0.15, -0.1) is 0 Å². The summed E-state index contributed by atoms with van der Waals surface area (Å²) < 4.78 is 0. The minimum Gasteiger partial charge on any atom is -0.378 e. The molecule has 0 spiro atoms. The van der Waals surface area contributed by atoms with Gasteiger partial charge in [0, 0.05) is 30.4 Å². The summed E-state index contributed by atoms with van der Waals surface area (Å²) in [5.74, 6) is -0.935. The molecule has 0 heterocycles. The number of amides is 2. The molecule has 0 saturated carbocycles. The zero-order valence-electron chi connectivity index (χ0n) is 17.7. The van der Waals surface area contributed by atoms with Gasteiger partial charge in [0.1, 0.15) is 5.70 Å². The van der Waals surface area contributed by atoms with E-state index in [-0.39, 0.29) is 5.70 Å². The number of hydrazone groups is 1. The lowest BCUT2D eigenvalue weighted by Crippen LogP contribution is -2.32. The van der Waals surface area contributed by atoms with Crippen molar-refractivity contribution in [1.29, 1.82) is 0 Å². The van der Waals surface area contributed by atoms with E-state index in [1.807, 2.05) is 49.3 Å². The molecule has 162 valence electrons. The third-order valence-corrected chi connectivity index (χ3v) is 4.75. The van der Waals surface area contributed by atoms with Gasteiger partial charge in [0.2, 0.25) is 0 Å². The molecule has 0 radical (unpaired) electrons. The van der Waals surface area contributed by atoms with Gasteiger partial charge in [-0.25, -0.2) is 5.43 Å². The molecule has 0 bridgehead atoms. The molecule has 0 aliphatic rings. The minimum absolute atomic E-state index is 0.0738. The van der Waals surface area contributed by atoms with Crippen LogP contribution in [0.25, 0.3) is 6.08 Å². The van der Waals surface area contributed by atoms with Gasteiger partial charge in [-0.1, -0.05) is 54.1 Å². The second-order valence-electron chi connectivity index (χ2n) is 7.11. The molecule has 6 nitrogen and oxygen atoms in total. The van der Waals surface area contributed by atoms with Crippen molar-refractivity contribution in [2.24, 2.45) is 5.10 Å². The van der Waals surface area contributed by atoms with Gasteiger partial charge in [-0.3, -0.25) is 9.59 Å². The van der Waals surface area contributed by atoms with E-state index in [9.17, 15) is 9.59 Å². The fraction of sp³-hybridized carbons (Fsp3) is 0.0800. The normalized spacial score (nSPS) is 11.3. The molecule has 0 aliphatic heterocycles.